The van der Waals surface area contributed by atoms with E-state index in [1.165, 1.54) is 18.2 Å². The summed E-state index contributed by atoms with van der Waals surface area (Å²) < 4.78 is 13.3. The molecule has 0 bridgehead atoms. The van der Waals surface area contributed by atoms with Crippen molar-refractivity contribution in [3.8, 4) is 0 Å². The van der Waals surface area contributed by atoms with E-state index in [1.54, 1.807) is 30.3 Å². The Morgan fingerprint density at radius 1 is 1.07 bits per heavy atom. The third-order valence-electron chi connectivity index (χ3n) is 5.19. The molecule has 2 amide bonds. The van der Waals surface area contributed by atoms with Gasteiger partial charge in [-0.25, -0.2) is 4.39 Å². The van der Waals surface area contributed by atoms with Gasteiger partial charge in [-0.15, -0.1) is 12.4 Å². The first-order valence-corrected chi connectivity index (χ1v) is 9.69. The Kier molecular flexibility index (Phi) is 8.61. The standard InChI is InChI=1S/C22H26FN3O2.ClH/c1-15(16-8-10-24-11-9-16)12-21(27)25-19-6-2-4-17(13-19)22(28)26-20-7-3-5-18(23)14-20;/h2-7,13-16,24H,8-12H2,1H3,(H,25,27)(H,26,28);1H. The van der Waals surface area contributed by atoms with E-state index in [-0.39, 0.29) is 24.2 Å². The third-order valence-corrected chi connectivity index (χ3v) is 5.19. The van der Waals surface area contributed by atoms with Crippen LogP contribution in [-0.4, -0.2) is 24.9 Å². The van der Waals surface area contributed by atoms with Crippen molar-refractivity contribution in [2.24, 2.45) is 11.8 Å². The van der Waals surface area contributed by atoms with Crippen LogP contribution in [0.15, 0.2) is 48.5 Å². The first kappa shape index (κ1) is 22.8. The highest BCUT2D eigenvalue weighted by Crippen LogP contribution is 2.25. The summed E-state index contributed by atoms with van der Waals surface area (Å²) in [6, 6.07) is 12.5. The minimum absolute atomic E-state index is 0. The van der Waals surface area contributed by atoms with Crippen LogP contribution in [-0.2, 0) is 4.79 Å². The van der Waals surface area contributed by atoms with Crippen molar-refractivity contribution in [2.45, 2.75) is 26.2 Å². The summed E-state index contributed by atoms with van der Waals surface area (Å²) in [6.45, 7) is 4.15. The molecule has 1 unspecified atom stereocenters. The summed E-state index contributed by atoms with van der Waals surface area (Å²) in [4.78, 5) is 24.8. The van der Waals surface area contributed by atoms with Crippen molar-refractivity contribution in [2.75, 3.05) is 23.7 Å². The molecule has 0 radical (unpaired) electrons. The van der Waals surface area contributed by atoms with Crippen LogP contribution >= 0.6 is 12.4 Å². The fraction of sp³-hybridized carbons (Fsp3) is 0.364. The Bertz CT molecular complexity index is 840. The number of carbonyl (C=O) groups excluding carboxylic acids is 2. The molecular formula is C22H27ClFN3O2. The molecule has 1 saturated heterocycles. The van der Waals surface area contributed by atoms with Crippen LogP contribution in [0.1, 0.15) is 36.5 Å². The summed E-state index contributed by atoms with van der Waals surface area (Å²) in [7, 11) is 0. The molecule has 2 aromatic rings. The van der Waals surface area contributed by atoms with Gasteiger partial charge in [-0.2, -0.15) is 0 Å². The average Bonchev–Trinajstić information content (AvgIpc) is 2.68. The summed E-state index contributed by atoms with van der Waals surface area (Å²) in [5, 5.41) is 8.88. The Morgan fingerprint density at radius 2 is 1.72 bits per heavy atom. The molecule has 0 aliphatic carbocycles. The fourth-order valence-corrected chi connectivity index (χ4v) is 3.59. The van der Waals surface area contributed by atoms with Gasteiger partial charge in [0.05, 0.1) is 0 Å². The number of piperidine rings is 1. The van der Waals surface area contributed by atoms with Gasteiger partial charge in [0.1, 0.15) is 5.82 Å². The number of hydrogen-bond acceptors (Lipinski definition) is 3. The maximum Gasteiger partial charge on any atom is 0.255 e. The second-order valence-electron chi connectivity index (χ2n) is 7.36. The molecule has 0 spiro atoms. The number of anilines is 2. The van der Waals surface area contributed by atoms with Crippen LogP contribution in [0.4, 0.5) is 15.8 Å². The second-order valence-corrected chi connectivity index (χ2v) is 7.36. The monoisotopic (exact) mass is 419 g/mol. The number of rotatable bonds is 6. The van der Waals surface area contributed by atoms with Crippen LogP contribution in [0.3, 0.4) is 0 Å². The van der Waals surface area contributed by atoms with Crippen molar-refractivity contribution >= 4 is 35.6 Å². The smallest absolute Gasteiger partial charge is 0.255 e. The highest BCUT2D eigenvalue weighted by molar-refractivity contribution is 6.05. The lowest BCUT2D eigenvalue weighted by Crippen LogP contribution is -2.32. The van der Waals surface area contributed by atoms with Crippen LogP contribution in [0.25, 0.3) is 0 Å². The largest absolute Gasteiger partial charge is 0.326 e. The van der Waals surface area contributed by atoms with Gasteiger partial charge in [0.25, 0.3) is 5.91 Å². The minimum Gasteiger partial charge on any atom is -0.326 e. The zero-order valence-corrected chi connectivity index (χ0v) is 17.2. The quantitative estimate of drug-likeness (QED) is 0.647. The molecule has 7 heteroatoms. The molecule has 156 valence electrons. The molecule has 2 aromatic carbocycles. The number of halogens is 2. The Hall–Kier alpha value is -2.44. The van der Waals surface area contributed by atoms with E-state index in [0.29, 0.717) is 35.2 Å². The molecule has 5 nitrogen and oxygen atoms in total. The van der Waals surface area contributed by atoms with E-state index in [9.17, 15) is 14.0 Å². The molecule has 0 saturated carbocycles. The summed E-state index contributed by atoms with van der Waals surface area (Å²) in [5.74, 6) is 0.0668. The lowest BCUT2D eigenvalue weighted by molar-refractivity contribution is -0.117. The molecule has 1 aliphatic heterocycles. The third kappa shape index (κ3) is 6.84. The SMILES string of the molecule is CC(CC(=O)Nc1cccc(C(=O)Nc2cccc(F)c2)c1)C1CCNCC1.Cl. The van der Waals surface area contributed by atoms with E-state index < -0.39 is 5.82 Å². The zero-order valence-electron chi connectivity index (χ0n) is 16.4. The van der Waals surface area contributed by atoms with Gasteiger partial charge in [0.2, 0.25) is 5.91 Å². The summed E-state index contributed by atoms with van der Waals surface area (Å²) in [5.41, 5.74) is 1.36. The summed E-state index contributed by atoms with van der Waals surface area (Å²) in [6.07, 6.45) is 2.67. The highest BCUT2D eigenvalue weighted by Gasteiger charge is 2.22. The van der Waals surface area contributed by atoms with E-state index in [1.807, 2.05) is 0 Å². The zero-order chi connectivity index (χ0) is 19.9. The predicted molar refractivity (Wildman–Crippen MR) is 116 cm³/mol. The first-order valence-electron chi connectivity index (χ1n) is 9.69. The molecule has 3 N–H and O–H groups in total. The molecule has 0 aromatic heterocycles. The maximum absolute atomic E-state index is 13.3. The van der Waals surface area contributed by atoms with Crippen molar-refractivity contribution in [3.63, 3.8) is 0 Å². The Labute approximate surface area is 176 Å². The lowest BCUT2D eigenvalue weighted by atomic mass is 9.84. The van der Waals surface area contributed by atoms with Crippen LogP contribution in [0.5, 0.6) is 0 Å². The van der Waals surface area contributed by atoms with Gasteiger partial charge in [0.15, 0.2) is 0 Å². The number of carbonyl (C=O) groups is 2. The lowest BCUT2D eigenvalue weighted by Gasteiger charge is -2.27. The Morgan fingerprint density at radius 3 is 2.41 bits per heavy atom. The first-order chi connectivity index (χ1) is 13.5. The van der Waals surface area contributed by atoms with Crippen LogP contribution < -0.4 is 16.0 Å². The molecule has 29 heavy (non-hydrogen) atoms. The summed E-state index contributed by atoms with van der Waals surface area (Å²) >= 11 is 0. The van der Waals surface area contributed by atoms with E-state index >= 15 is 0 Å². The topological polar surface area (TPSA) is 70.2 Å². The van der Waals surface area contributed by atoms with Gasteiger partial charge in [0, 0.05) is 23.4 Å². The van der Waals surface area contributed by atoms with Gasteiger partial charge < -0.3 is 16.0 Å². The van der Waals surface area contributed by atoms with Gasteiger partial charge >= 0.3 is 0 Å². The average molecular weight is 420 g/mol. The molecular weight excluding hydrogens is 393 g/mol. The van der Waals surface area contributed by atoms with Gasteiger partial charge in [-0.1, -0.05) is 19.1 Å². The van der Waals surface area contributed by atoms with Crippen LogP contribution in [0.2, 0.25) is 0 Å². The van der Waals surface area contributed by atoms with Crippen molar-refractivity contribution in [1.29, 1.82) is 0 Å². The molecule has 1 aliphatic rings. The van der Waals surface area contributed by atoms with Gasteiger partial charge in [-0.05, 0) is 74.2 Å². The van der Waals surface area contributed by atoms with Crippen molar-refractivity contribution in [1.82, 2.24) is 5.32 Å². The number of nitrogens with one attached hydrogen (secondary N) is 3. The predicted octanol–water partition coefficient (Wildman–Crippen LogP) is 4.46. The number of benzene rings is 2. The second kappa shape index (κ2) is 10.9. The van der Waals surface area contributed by atoms with E-state index in [0.717, 1.165) is 25.9 Å². The van der Waals surface area contributed by atoms with Crippen molar-refractivity contribution in [3.05, 3.63) is 59.9 Å². The highest BCUT2D eigenvalue weighted by atomic mass is 35.5. The molecule has 1 fully saturated rings. The normalized spacial score (nSPS) is 15.1. The van der Waals surface area contributed by atoms with E-state index in [4.69, 9.17) is 0 Å². The fourth-order valence-electron chi connectivity index (χ4n) is 3.59. The molecule has 1 atom stereocenters. The van der Waals surface area contributed by atoms with Gasteiger partial charge in [-0.3, -0.25) is 9.59 Å². The van der Waals surface area contributed by atoms with Crippen LogP contribution in [0, 0.1) is 17.7 Å². The number of hydrogen-bond donors (Lipinski definition) is 3. The minimum atomic E-state index is -0.415. The van der Waals surface area contributed by atoms with Crippen molar-refractivity contribution < 1.29 is 14.0 Å². The molecule has 3 rings (SSSR count). The number of amides is 2. The Balaban J connectivity index is 0.00000300. The molecule has 1 heterocycles. The maximum atomic E-state index is 13.3. The van der Waals surface area contributed by atoms with E-state index in [2.05, 4.69) is 22.9 Å².